The number of hydrogen-bond acceptors (Lipinski definition) is 5. The molecule has 34 heavy (non-hydrogen) atoms. The van der Waals surface area contributed by atoms with Crippen molar-refractivity contribution in [2.24, 2.45) is 17.8 Å². The minimum atomic E-state index is -4.23. The number of carbonyl (C=O) groups is 3. The highest BCUT2D eigenvalue weighted by Crippen LogP contribution is 2.42. The number of alkyl halides is 2. The van der Waals surface area contributed by atoms with Gasteiger partial charge in [0.15, 0.2) is 5.60 Å². The molecule has 1 saturated heterocycles. The summed E-state index contributed by atoms with van der Waals surface area (Å²) in [6, 6.07) is 6.38. The maximum atomic E-state index is 15.2. The van der Waals surface area contributed by atoms with Crippen LogP contribution in [0.5, 0.6) is 0 Å². The molecule has 1 aliphatic heterocycles. The summed E-state index contributed by atoms with van der Waals surface area (Å²) in [4.78, 5) is 37.4. The van der Waals surface area contributed by atoms with Crippen molar-refractivity contribution in [3.63, 3.8) is 0 Å². The lowest BCUT2D eigenvalue weighted by Gasteiger charge is -2.33. The van der Waals surface area contributed by atoms with Gasteiger partial charge in [-0.05, 0) is 38.2 Å². The average molecular weight is 498 g/mol. The van der Waals surface area contributed by atoms with Crippen LogP contribution in [0.25, 0.3) is 0 Å². The fourth-order valence-corrected chi connectivity index (χ4v) is 4.41. The van der Waals surface area contributed by atoms with E-state index in [9.17, 15) is 24.8 Å². The molecule has 0 saturated carbocycles. The summed E-state index contributed by atoms with van der Waals surface area (Å²) in [6.45, 7) is 4.84. The van der Waals surface area contributed by atoms with E-state index in [4.69, 9.17) is 11.6 Å². The predicted octanol–water partition coefficient (Wildman–Crippen LogP) is 3.34. The van der Waals surface area contributed by atoms with Gasteiger partial charge in [0.2, 0.25) is 17.6 Å². The van der Waals surface area contributed by atoms with Crippen molar-refractivity contribution in [2.75, 3.05) is 6.54 Å². The number of rotatable bonds is 11. The monoisotopic (exact) mass is 497 g/mol. The zero-order valence-electron chi connectivity index (χ0n) is 19.4. The number of Topliss-reactive ketones (excluding diaryl/α,β-unsaturated/α-hetero) is 1. The number of hydrogen-bond donors (Lipinski definition) is 3. The molecule has 7 nitrogen and oxygen atoms in total. The topological polar surface area (TPSA) is 119 Å². The molecule has 4 unspecified atom stereocenters. The Kier molecular flexibility index (Phi) is 9.15. The Balaban J connectivity index is 2.18. The van der Waals surface area contributed by atoms with Crippen LogP contribution in [-0.2, 0) is 20.0 Å². The van der Waals surface area contributed by atoms with Gasteiger partial charge in [-0.1, -0.05) is 43.6 Å². The smallest absolute Gasteiger partial charge is 0.337 e. The van der Waals surface area contributed by atoms with Gasteiger partial charge in [0.25, 0.3) is 0 Å². The van der Waals surface area contributed by atoms with Gasteiger partial charge in [0.1, 0.15) is 6.04 Å². The Morgan fingerprint density at radius 3 is 2.53 bits per heavy atom. The highest BCUT2D eigenvalue weighted by molar-refractivity contribution is 6.31. The number of aliphatic hydroxyl groups is 1. The van der Waals surface area contributed by atoms with Crippen molar-refractivity contribution in [2.45, 2.75) is 64.0 Å². The van der Waals surface area contributed by atoms with E-state index in [1.807, 2.05) is 6.07 Å². The number of nitrogens with zero attached hydrogens (tertiary/aromatic N) is 1. The van der Waals surface area contributed by atoms with E-state index >= 15 is 8.78 Å². The lowest BCUT2D eigenvalue weighted by atomic mass is 9.82. The fourth-order valence-electron chi connectivity index (χ4n) is 4.09. The molecular weight excluding hydrogens is 468 g/mol. The van der Waals surface area contributed by atoms with Gasteiger partial charge in [0, 0.05) is 35.4 Å². The summed E-state index contributed by atoms with van der Waals surface area (Å²) in [5.41, 5.74) is -3.20. The fraction of sp³-hybridized carbons (Fsp3) is 0.583. The summed E-state index contributed by atoms with van der Waals surface area (Å²) in [6.07, 6.45) is -0.0957. The van der Waals surface area contributed by atoms with E-state index in [2.05, 4.69) is 10.6 Å². The lowest BCUT2D eigenvalue weighted by Crippen LogP contribution is -2.50. The Bertz CT molecular complexity index is 962. The molecule has 0 aromatic heterocycles. The third-order valence-corrected chi connectivity index (χ3v) is 6.40. The van der Waals surface area contributed by atoms with E-state index in [1.54, 1.807) is 13.8 Å². The first-order chi connectivity index (χ1) is 15.8. The van der Waals surface area contributed by atoms with Gasteiger partial charge < -0.3 is 15.7 Å². The zero-order chi connectivity index (χ0) is 25.7. The number of carbonyl (C=O) groups excluding carboxylic acids is 3. The van der Waals surface area contributed by atoms with Gasteiger partial charge >= 0.3 is 5.92 Å². The predicted molar refractivity (Wildman–Crippen MR) is 122 cm³/mol. The Morgan fingerprint density at radius 1 is 1.35 bits per heavy atom. The molecule has 1 fully saturated rings. The van der Waals surface area contributed by atoms with Gasteiger partial charge in [-0.2, -0.15) is 14.0 Å². The van der Waals surface area contributed by atoms with Crippen LogP contribution in [0.15, 0.2) is 24.3 Å². The summed E-state index contributed by atoms with van der Waals surface area (Å²) in [5, 5.41) is 25.1. The first kappa shape index (κ1) is 27.7. The Labute approximate surface area is 202 Å². The molecule has 1 aliphatic rings. The minimum absolute atomic E-state index is 0.0911. The van der Waals surface area contributed by atoms with E-state index in [1.165, 1.54) is 24.3 Å². The molecule has 2 amide bonds. The summed E-state index contributed by atoms with van der Waals surface area (Å²) < 4.78 is 30.4. The molecule has 3 N–H and O–H groups in total. The van der Waals surface area contributed by atoms with Gasteiger partial charge in [0.05, 0.1) is 6.07 Å². The Morgan fingerprint density at radius 2 is 2.00 bits per heavy atom. The second-order valence-electron chi connectivity index (χ2n) is 9.28. The highest BCUT2D eigenvalue weighted by Gasteiger charge is 2.57. The number of ketones is 1. The number of benzene rings is 1. The molecule has 0 radical (unpaired) electrons. The van der Waals surface area contributed by atoms with Crippen LogP contribution in [0.4, 0.5) is 8.78 Å². The Hall–Kier alpha value is -2.57. The van der Waals surface area contributed by atoms with Crippen LogP contribution in [0.1, 0.15) is 52.0 Å². The maximum Gasteiger partial charge on any atom is 0.337 e. The van der Waals surface area contributed by atoms with E-state index in [0.29, 0.717) is 13.0 Å². The van der Waals surface area contributed by atoms with Crippen molar-refractivity contribution in [3.05, 3.63) is 34.9 Å². The van der Waals surface area contributed by atoms with Crippen molar-refractivity contribution in [3.8, 4) is 6.07 Å². The second kappa shape index (κ2) is 11.2. The molecule has 0 aliphatic carbocycles. The maximum absolute atomic E-state index is 15.2. The van der Waals surface area contributed by atoms with E-state index in [0.717, 1.165) is 6.92 Å². The number of nitriles is 1. The quantitative estimate of drug-likeness (QED) is 0.433. The number of amides is 2. The average Bonchev–Trinajstić information content (AvgIpc) is 3.16. The van der Waals surface area contributed by atoms with Crippen LogP contribution in [0, 0.1) is 29.1 Å². The molecule has 10 heteroatoms. The minimum Gasteiger partial charge on any atom is -0.379 e. The SMILES string of the molecule is CC(C)CC(CC(=O)C(F)(F)C(C)(O)c1ccccc1Cl)C(=O)NC(C#N)CC1CCNC1=O. The van der Waals surface area contributed by atoms with Crippen LogP contribution in [-0.4, -0.2) is 41.2 Å². The first-order valence-corrected chi connectivity index (χ1v) is 11.5. The van der Waals surface area contributed by atoms with E-state index in [-0.39, 0.29) is 35.3 Å². The van der Waals surface area contributed by atoms with Crippen LogP contribution < -0.4 is 10.6 Å². The van der Waals surface area contributed by atoms with Crippen molar-refractivity contribution in [1.82, 2.24) is 10.6 Å². The summed E-state index contributed by atoms with van der Waals surface area (Å²) in [5.74, 6) is -8.45. The van der Waals surface area contributed by atoms with Gasteiger partial charge in [-0.25, -0.2) is 0 Å². The molecule has 0 spiro atoms. The third-order valence-electron chi connectivity index (χ3n) is 6.07. The third kappa shape index (κ3) is 6.30. The van der Waals surface area contributed by atoms with Crippen molar-refractivity contribution >= 4 is 29.2 Å². The standard InChI is InChI=1S/C24H30ClF2N3O4/c1-14(2)10-16(22(33)30-17(13-28)11-15-8-9-29-21(15)32)12-20(31)24(26,27)23(3,34)18-6-4-5-7-19(18)25/h4-7,14-17,34H,8-12H2,1-3H3,(H,29,32)(H,30,33). The molecule has 4 atom stereocenters. The molecule has 1 aromatic rings. The largest absolute Gasteiger partial charge is 0.379 e. The highest BCUT2D eigenvalue weighted by atomic mass is 35.5. The van der Waals surface area contributed by atoms with E-state index < -0.39 is 47.5 Å². The zero-order valence-corrected chi connectivity index (χ0v) is 20.2. The summed E-state index contributed by atoms with van der Waals surface area (Å²) in [7, 11) is 0. The first-order valence-electron chi connectivity index (χ1n) is 11.2. The molecule has 1 heterocycles. The van der Waals surface area contributed by atoms with Gasteiger partial charge in [-0.15, -0.1) is 0 Å². The van der Waals surface area contributed by atoms with Crippen LogP contribution in [0.2, 0.25) is 5.02 Å². The molecule has 186 valence electrons. The van der Waals surface area contributed by atoms with Crippen molar-refractivity contribution in [1.29, 1.82) is 5.26 Å². The second-order valence-corrected chi connectivity index (χ2v) is 9.69. The van der Waals surface area contributed by atoms with Crippen LogP contribution in [0.3, 0.4) is 0 Å². The molecule has 1 aromatic carbocycles. The molecule has 2 rings (SSSR count). The van der Waals surface area contributed by atoms with Crippen LogP contribution >= 0.6 is 11.6 Å². The van der Waals surface area contributed by atoms with Crippen molar-refractivity contribution < 1.29 is 28.3 Å². The molecular formula is C24H30ClF2N3O4. The normalized spacial score (nSPS) is 19.6. The lowest BCUT2D eigenvalue weighted by molar-refractivity contribution is -0.190. The van der Waals surface area contributed by atoms with Gasteiger partial charge in [-0.3, -0.25) is 14.4 Å². The number of halogens is 3. The molecule has 0 bridgehead atoms. The summed E-state index contributed by atoms with van der Waals surface area (Å²) >= 11 is 5.97. The number of nitrogens with one attached hydrogen (secondary N) is 2.